The highest BCUT2D eigenvalue weighted by atomic mass is 35.5. The lowest BCUT2D eigenvalue weighted by Gasteiger charge is -2.40. The van der Waals surface area contributed by atoms with Crippen molar-refractivity contribution in [1.82, 2.24) is 25.0 Å². The van der Waals surface area contributed by atoms with Gasteiger partial charge in [0.2, 0.25) is 11.8 Å². The number of aliphatic carboxylic acids is 2. The molecule has 3 aliphatic heterocycles. The third-order valence-corrected chi connectivity index (χ3v) is 11.2. The zero-order valence-electron chi connectivity index (χ0n) is 28.2. The molecular weight excluding hydrogens is 689 g/mol. The summed E-state index contributed by atoms with van der Waals surface area (Å²) in [5.74, 6) is -4.12. The summed E-state index contributed by atoms with van der Waals surface area (Å²) < 4.78 is 0. The topological polar surface area (TPSA) is 143 Å². The number of likely N-dealkylation sites (tertiary alicyclic amines) is 1. The molecule has 0 radical (unpaired) electrons. The van der Waals surface area contributed by atoms with Crippen LogP contribution in [0.15, 0.2) is 52.3 Å². The minimum Gasteiger partial charge on any atom is -0.478 e. The molecule has 1 aromatic carbocycles. The first-order valence-electron chi connectivity index (χ1n) is 16.4. The van der Waals surface area contributed by atoms with Gasteiger partial charge in [-0.1, -0.05) is 57.0 Å². The number of aromatic nitrogens is 1. The number of carboxylic acids is 2. The SMILES string of the molecule is CC(C)(CN1CCN(C(=O)CC2=C(C(=O)O)C(c3c(Cl)cccc3Cl)C(C(=O)O)=C(CC(C)(C)c3nccs3)N2)CC1)CN1CCCC1=O. The Morgan fingerprint density at radius 2 is 1.59 bits per heavy atom. The molecule has 2 saturated heterocycles. The molecule has 11 nitrogen and oxygen atoms in total. The van der Waals surface area contributed by atoms with Crippen molar-refractivity contribution < 1.29 is 29.4 Å². The maximum absolute atomic E-state index is 13.9. The van der Waals surface area contributed by atoms with Gasteiger partial charge in [0.25, 0.3) is 0 Å². The molecule has 2 fully saturated rings. The van der Waals surface area contributed by atoms with E-state index in [1.54, 1.807) is 17.2 Å². The van der Waals surface area contributed by atoms with Crippen LogP contribution in [-0.2, 0) is 24.6 Å². The molecule has 2 amide bonds. The van der Waals surface area contributed by atoms with Gasteiger partial charge in [0.05, 0.1) is 28.5 Å². The smallest absolute Gasteiger partial charge is 0.334 e. The average Bonchev–Trinajstić information content (AvgIpc) is 3.69. The second kappa shape index (κ2) is 14.8. The molecule has 4 heterocycles. The van der Waals surface area contributed by atoms with Crippen molar-refractivity contribution in [2.75, 3.05) is 45.8 Å². The highest BCUT2D eigenvalue weighted by Gasteiger charge is 2.43. The summed E-state index contributed by atoms with van der Waals surface area (Å²) in [4.78, 5) is 62.5. The Labute approximate surface area is 300 Å². The number of carbonyl (C=O) groups excluding carboxylic acids is 2. The van der Waals surface area contributed by atoms with Crippen LogP contribution in [0.1, 0.15) is 69.9 Å². The molecule has 5 rings (SSSR count). The molecule has 3 N–H and O–H groups in total. The molecule has 2 aromatic rings. The number of rotatable bonds is 12. The summed E-state index contributed by atoms with van der Waals surface area (Å²) in [7, 11) is 0. The fraction of sp³-hybridized carbons (Fsp3) is 0.514. The lowest BCUT2D eigenvalue weighted by atomic mass is 9.76. The summed E-state index contributed by atoms with van der Waals surface area (Å²) in [5, 5.41) is 27.2. The van der Waals surface area contributed by atoms with Crippen LogP contribution in [0, 0.1) is 5.41 Å². The van der Waals surface area contributed by atoms with E-state index in [-0.39, 0.29) is 68.2 Å². The first kappa shape index (κ1) is 36.8. The molecule has 1 unspecified atom stereocenters. The number of hydrogen-bond acceptors (Lipinski definition) is 8. The van der Waals surface area contributed by atoms with Crippen LogP contribution in [-0.4, -0.2) is 99.5 Å². The van der Waals surface area contributed by atoms with Crippen molar-refractivity contribution in [2.24, 2.45) is 5.41 Å². The summed E-state index contributed by atoms with van der Waals surface area (Å²) in [6, 6.07) is 4.68. The van der Waals surface area contributed by atoms with E-state index in [4.69, 9.17) is 23.2 Å². The Balaban J connectivity index is 1.41. The monoisotopic (exact) mass is 731 g/mol. The summed E-state index contributed by atoms with van der Waals surface area (Å²) in [6.07, 6.45) is 3.07. The fourth-order valence-electron chi connectivity index (χ4n) is 7.21. The molecule has 1 aromatic heterocycles. The average molecular weight is 733 g/mol. The van der Waals surface area contributed by atoms with E-state index in [9.17, 15) is 29.4 Å². The Bertz CT molecular complexity index is 1660. The second-order valence-corrected chi connectivity index (χ2v) is 16.1. The Morgan fingerprint density at radius 1 is 0.959 bits per heavy atom. The van der Waals surface area contributed by atoms with Gasteiger partial charge < -0.3 is 25.3 Å². The Kier molecular flexibility index (Phi) is 11.1. The van der Waals surface area contributed by atoms with Crippen LogP contribution in [0.4, 0.5) is 0 Å². The standard InChI is InChI=1S/C35H43Cl2N5O6S/c1-34(2,20-42-11-6-9-25(42)43)19-40-12-14-41(15-13-40)26(44)17-23-28(31(45)46)30(27-21(36)7-5-8-22(27)37)29(32(47)48)24(39-23)18-35(3,4)33-38-10-16-49-33/h5,7-8,10,16,30,39H,6,9,11-15,17-20H2,1-4H3,(H,45,46)(H,47,48). The normalized spacial score (nSPS) is 19.5. The fourth-order valence-corrected chi connectivity index (χ4v) is 8.58. The number of halogens is 2. The number of dihydropyridines is 1. The number of allylic oxidation sites excluding steroid dienone is 1. The number of benzene rings is 1. The molecule has 0 spiro atoms. The lowest BCUT2D eigenvalue weighted by molar-refractivity contribution is -0.133. The van der Waals surface area contributed by atoms with Crippen molar-refractivity contribution in [3.05, 3.63) is 72.9 Å². The predicted molar refractivity (Wildman–Crippen MR) is 189 cm³/mol. The zero-order valence-corrected chi connectivity index (χ0v) is 30.6. The van der Waals surface area contributed by atoms with E-state index in [1.165, 1.54) is 23.5 Å². The van der Waals surface area contributed by atoms with Crippen LogP contribution in [0.2, 0.25) is 10.0 Å². The molecule has 0 aliphatic carbocycles. The highest BCUT2D eigenvalue weighted by Crippen LogP contribution is 2.46. The second-order valence-electron chi connectivity index (χ2n) is 14.4. The van der Waals surface area contributed by atoms with Gasteiger partial charge in [-0.05, 0) is 30.4 Å². The van der Waals surface area contributed by atoms with Crippen LogP contribution < -0.4 is 5.32 Å². The molecule has 1 atom stereocenters. The lowest BCUT2D eigenvalue weighted by Crippen LogP contribution is -2.52. The first-order chi connectivity index (χ1) is 23.1. The van der Waals surface area contributed by atoms with Crippen LogP contribution in [0.25, 0.3) is 0 Å². The zero-order chi connectivity index (χ0) is 35.7. The van der Waals surface area contributed by atoms with E-state index in [0.717, 1.165) is 24.5 Å². The van der Waals surface area contributed by atoms with E-state index >= 15 is 0 Å². The van der Waals surface area contributed by atoms with Gasteiger partial charge in [-0.25, -0.2) is 14.6 Å². The Hall–Kier alpha value is -3.45. The maximum Gasteiger partial charge on any atom is 0.334 e. The van der Waals surface area contributed by atoms with Crippen molar-refractivity contribution in [3.63, 3.8) is 0 Å². The van der Waals surface area contributed by atoms with E-state index in [1.807, 2.05) is 24.1 Å². The van der Waals surface area contributed by atoms with E-state index in [2.05, 4.69) is 29.0 Å². The third kappa shape index (κ3) is 8.30. The van der Waals surface area contributed by atoms with Gasteiger partial charge in [-0.15, -0.1) is 11.3 Å². The van der Waals surface area contributed by atoms with Crippen molar-refractivity contribution in [3.8, 4) is 0 Å². The molecule has 49 heavy (non-hydrogen) atoms. The number of thiazole rings is 1. The van der Waals surface area contributed by atoms with Gasteiger partial charge in [0.1, 0.15) is 0 Å². The minimum absolute atomic E-state index is 0.104. The van der Waals surface area contributed by atoms with Crippen molar-refractivity contribution >= 4 is 58.3 Å². The van der Waals surface area contributed by atoms with Crippen LogP contribution in [0.5, 0.6) is 0 Å². The molecule has 0 bridgehead atoms. The molecule has 264 valence electrons. The molecule has 0 saturated carbocycles. The van der Waals surface area contributed by atoms with Crippen LogP contribution >= 0.6 is 34.5 Å². The molecule has 3 aliphatic rings. The number of nitrogens with one attached hydrogen (secondary N) is 1. The number of amides is 2. The third-order valence-electron chi connectivity index (χ3n) is 9.40. The van der Waals surface area contributed by atoms with Crippen molar-refractivity contribution in [2.45, 2.75) is 64.7 Å². The number of carboxylic acid groups (broad SMARTS) is 2. The van der Waals surface area contributed by atoms with E-state index in [0.29, 0.717) is 39.1 Å². The summed E-state index contributed by atoms with van der Waals surface area (Å²) >= 11 is 14.7. The van der Waals surface area contributed by atoms with Gasteiger partial charge in [-0.3, -0.25) is 14.5 Å². The predicted octanol–water partition coefficient (Wildman–Crippen LogP) is 5.36. The number of carbonyl (C=O) groups is 4. The first-order valence-corrected chi connectivity index (χ1v) is 18.0. The minimum atomic E-state index is -1.38. The Morgan fingerprint density at radius 3 is 2.14 bits per heavy atom. The number of hydrogen-bond donors (Lipinski definition) is 3. The number of nitrogens with zero attached hydrogens (tertiary/aromatic N) is 4. The van der Waals surface area contributed by atoms with Gasteiger partial charge >= 0.3 is 11.9 Å². The van der Waals surface area contributed by atoms with E-state index < -0.39 is 23.3 Å². The quantitative estimate of drug-likeness (QED) is 0.263. The van der Waals surface area contributed by atoms with Gasteiger partial charge in [0, 0.05) is 96.2 Å². The van der Waals surface area contributed by atoms with Gasteiger partial charge in [0.15, 0.2) is 0 Å². The van der Waals surface area contributed by atoms with Crippen molar-refractivity contribution in [1.29, 1.82) is 0 Å². The molecular formula is C35H43Cl2N5O6S. The molecule has 14 heteroatoms. The van der Waals surface area contributed by atoms with Crippen LogP contribution in [0.3, 0.4) is 0 Å². The number of piperazine rings is 1. The maximum atomic E-state index is 13.9. The summed E-state index contributed by atoms with van der Waals surface area (Å²) in [6.45, 7) is 12.6. The summed E-state index contributed by atoms with van der Waals surface area (Å²) in [5.41, 5.74) is -0.700. The largest absolute Gasteiger partial charge is 0.478 e. The van der Waals surface area contributed by atoms with Gasteiger partial charge in [-0.2, -0.15) is 0 Å². The highest BCUT2D eigenvalue weighted by molar-refractivity contribution is 7.09.